The molecule has 39 heavy (non-hydrogen) atoms. The number of hydrogen-bond acceptors (Lipinski definition) is 4. The summed E-state index contributed by atoms with van der Waals surface area (Å²) >= 11 is 3.48. The third-order valence-corrected chi connectivity index (χ3v) is 8.91. The van der Waals surface area contributed by atoms with Crippen molar-refractivity contribution in [3.8, 4) is 0 Å². The summed E-state index contributed by atoms with van der Waals surface area (Å²) in [5.74, 6) is -0.742. The number of hydrogen-bond donors (Lipinski definition) is 1. The molecule has 0 bridgehead atoms. The van der Waals surface area contributed by atoms with Gasteiger partial charge in [-0.1, -0.05) is 83.0 Å². The SMILES string of the molecule is CC[C@@H](C)NC(=O)[C@@H](Cc1ccccc1)N(Cc1cccc(Br)c1)C(=O)CN(C)S(=O)(=O)c1ccc(C)cc1. The second-order valence-electron chi connectivity index (χ2n) is 9.75. The number of likely N-dealkylation sites (N-methyl/N-ethyl adjacent to an activating group) is 1. The van der Waals surface area contributed by atoms with Crippen LogP contribution >= 0.6 is 15.9 Å². The van der Waals surface area contributed by atoms with E-state index in [2.05, 4.69) is 21.2 Å². The van der Waals surface area contributed by atoms with E-state index in [0.717, 1.165) is 31.9 Å². The third-order valence-electron chi connectivity index (χ3n) is 6.60. The second kappa shape index (κ2) is 13.9. The number of amides is 2. The van der Waals surface area contributed by atoms with Crippen LogP contribution in [0.2, 0.25) is 0 Å². The molecule has 0 aliphatic carbocycles. The van der Waals surface area contributed by atoms with Crippen LogP contribution in [-0.2, 0) is 32.6 Å². The lowest BCUT2D eigenvalue weighted by molar-refractivity contribution is -0.141. The molecule has 7 nitrogen and oxygen atoms in total. The molecule has 0 heterocycles. The van der Waals surface area contributed by atoms with Crippen molar-refractivity contribution in [1.29, 1.82) is 0 Å². The Bertz CT molecular complexity index is 1360. The molecular weight excluding hydrogens is 578 g/mol. The van der Waals surface area contributed by atoms with Gasteiger partial charge in [-0.2, -0.15) is 4.31 Å². The molecule has 3 aromatic rings. The minimum atomic E-state index is -3.91. The highest BCUT2D eigenvalue weighted by Gasteiger charge is 2.33. The Morgan fingerprint density at radius 3 is 2.21 bits per heavy atom. The van der Waals surface area contributed by atoms with E-state index in [0.29, 0.717) is 0 Å². The van der Waals surface area contributed by atoms with E-state index in [-0.39, 0.29) is 29.8 Å². The maximum atomic E-state index is 13.9. The number of rotatable bonds is 12. The number of benzene rings is 3. The van der Waals surface area contributed by atoms with Gasteiger partial charge in [0.15, 0.2) is 0 Å². The van der Waals surface area contributed by atoms with Crippen LogP contribution < -0.4 is 5.32 Å². The summed E-state index contributed by atoms with van der Waals surface area (Å²) in [5.41, 5.74) is 2.65. The van der Waals surface area contributed by atoms with Crippen molar-refractivity contribution in [2.45, 2.75) is 57.1 Å². The first kappa shape index (κ1) is 30.5. The fourth-order valence-corrected chi connectivity index (χ4v) is 5.65. The highest BCUT2D eigenvalue weighted by atomic mass is 79.9. The van der Waals surface area contributed by atoms with Gasteiger partial charge in [0.05, 0.1) is 11.4 Å². The topological polar surface area (TPSA) is 86.8 Å². The predicted molar refractivity (Wildman–Crippen MR) is 158 cm³/mol. The maximum Gasteiger partial charge on any atom is 0.243 e. The molecule has 9 heteroatoms. The summed E-state index contributed by atoms with van der Waals surface area (Å²) in [4.78, 5) is 29.1. The number of halogens is 1. The van der Waals surface area contributed by atoms with Crippen LogP contribution in [0.15, 0.2) is 88.2 Å². The second-order valence-corrected chi connectivity index (χ2v) is 12.7. The lowest BCUT2D eigenvalue weighted by Crippen LogP contribution is -2.54. The Morgan fingerprint density at radius 2 is 1.59 bits per heavy atom. The minimum Gasteiger partial charge on any atom is -0.352 e. The first-order valence-corrected chi connectivity index (χ1v) is 15.2. The van der Waals surface area contributed by atoms with Gasteiger partial charge in [0.2, 0.25) is 21.8 Å². The molecule has 0 saturated heterocycles. The van der Waals surface area contributed by atoms with Gasteiger partial charge in [-0.05, 0) is 55.7 Å². The Hall–Kier alpha value is -3.01. The van der Waals surface area contributed by atoms with Crippen LogP contribution in [0.4, 0.5) is 0 Å². The lowest BCUT2D eigenvalue weighted by atomic mass is 10.0. The molecule has 3 aromatic carbocycles. The summed E-state index contributed by atoms with van der Waals surface area (Å²) in [7, 11) is -2.53. The zero-order valence-electron chi connectivity index (χ0n) is 22.8. The minimum absolute atomic E-state index is 0.0804. The molecule has 0 saturated carbocycles. The summed E-state index contributed by atoms with van der Waals surface area (Å²) in [6.07, 6.45) is 1.03. The molecule has 0 aliphatic rings. The summed E-state index contributed by atoms with van der Waals surface area (Å²) in [6.45, 7) is 5.50. The molecule has 208 valence electrons. The molecule has 2 atom stereocenters. The van der Waals surface area contributed by atoms with Crippen LogP contribution in [0.3, 0.4) is 0 Å². The van der Waals surface area contributed by atoms with Crippen LogP contribution in [-0.4, -0.2) is 55.1 Å². The van der Waals surface area contributed by atoms with Crippen molar-refractivity contribution in [2.75, 3.05) is 13.6 Å². The van der Waals surface area contributed by atoms with Gasteiger partial charge in [0.1, 0.15) is 6.04 Å². The van der Waals surface area contributed by atoms with E-state index >= 15 is 0 Å². The quantitative estimate of drug-likeness (QED) is 0.314. The number of carbonyl (C=O) groups is 2. The molecule has 0 aromatic heterocycles. The first-order chi connectivity index (χ1) is 18.5. The maximum absolute atomic E-state index is 13.9. The lowest BCUT2D eigenvalue weighted by Gasteiger charge is -2.33. The summed E-state index contributed by atoms with van der Waals surface area (Å²) in [6, 6.07) is 22.6. The van der Waals surface area contributed by atoms with Crippen molar-refractivity contribution in [3.63, 3.8) is 0 Å². The Labute approximate surface area is 240 Å². The van der Waals surface area contributed by atoms with Crippen LogP contribution in [0.25, 0.3) is 0 Å². The van der Waals surface area contributed by atoms with E-state index < -0.39 is 28.5 Å². The molecule has 1 N–H and O–H groups in total. The van der Waals surface area contributed by atoms with Gasteiger partial charge in [0, 0.05) is 30.5 Å². The van der Waals surface area contributed by atoms with Gasteiger partial charge in [0.25, 0.3) is 0 Å². The van der Waals surface area contributed by atoms with Crippen LogP contribution in [0, 0.1) is 6.92 Å². The summed E-state index contributed by atoms with van der Waals surface area (Å²) < 4.78 is 28.4. The number of carbonyl (C=O) groups excluding carboxylic acids is 2. The zero-order valence-corrected chi connectivity index (χ0v) is 25.2. The van der Waals surface area contributed by atoms with E-state index in [1.54, 1.807) is 12.1 Å². The smallest absolute Gasteiger partial charge is 0.243 e. The number of nitrogens with one attached hydrogen (secondary N) is 1. The standard InChI is InChI=1S/C30H36BrN3O4S/c1-5-23(3)32-30(36)28(19-24-10-7-6-8-11-24)34(20-25-12-9-13-26(31)18-25)29(35)21-33(4)39(37,38)27-16-14-22(2)15-17-27/h6-18,23,28H,5,19-21H2,1-4H3,(H,32,36)/t23-,28-/m1/s1. The van der Waals surface area contributed by atoms with Crippen LogP contribution in [0.5, 0.6) is 0 Å². The fraction of sp³-hybridized carbons (Fsp3) is 0.333. The van der Waals surface area contributed by atoms with Gasteiger partial charge >= 0.3 is 0 Å². The monoisotopic (exact) mass is 613 g/mol. The largest absolute Gasteiger partial charge is 0.352 e. The summed E-state index contributed by atoms with van der Waals surface area (Å²) in [5, 5.41) is 3.02. The molecular formula is C30H36BrN3O4S. The van der Waals surface area contributed by atoms with E-state index in [4.69, 9.17) is 0 Å². The molecule has 0 spiro atoms. The molecule has 2 amide bonds. The molecule has 3 rings (SSSR count). The van der Waals surface area contributed by atoms with Gasteiger partial charge < -0.3 is 10.2 Å². The Kier molecular flexibility index (Phi) is 10.9. The Morgan fingerprint density at radius 1 is 0.949 bits per heavy atom. The van der Waals surface area contributed by atoms with Crippen molar-refractivity contribution < 1.29 is 18.0 Å². The van der Waals surface area contributed by atoms with Crippen molar-refractivity contribution in [2.24, 2.45) is 0 Å². The average Bonchev–Trinajstić information content (AvgIpc) is 2.91. The highest BCUT2D eigenvalue weighted by Crippen LogP contribution is 2.20. The number of sulfonamides is 1. The molecule has 0 unspecified atom stereocenters. The van der Waals surface area contributed by atoms with Gasteiger partial charge in [-0.15, -0.1) is 0 Å². The van der Waals surface area contributed by atoms with Gasteiger partial charge in [-0.3, -0.25) is 9.59 Å². The molecule has 0 radical (unpaired) electrons. The number of nitrogens with zero attached hydrogens (tertiary/aromatic N) is 2. The fourth-order valence-electron chi connectivity index (χ4n) is 4.08. The Balaban J connectivity index is 1.98. The zero-order chi connectivity index (χ0) is 28.6. The van der Waals surface area contributed by atoms with Crippen molar-refractivity contribution in [1.82, 2.24) is 14.5 Å². The van der Waals surface area contributed by atoms with Gasteiger partial charge in [-0.25, -0.2) is 8.42 Å². The van der Waals surface area contributed by atoms with Crippen molar-refractivity contribution >= 4 is 37.8 Å². The molecule has 0 aliphatic heterocycles. The van der Waals surface area contributed by atoms with E-state index in [1.807, 2.05) is 75.4 Å². The normalized spacial score (nSPS) is 13.1. The van der Waals surface area contributed by atoms with Crippen molar-refractivity contribution in [3.05, 3.63) is 100 Å². The molecule has 0 fully saturated rings. The number of aryl methyl sites for hydroxylation is 1. The van der Waals surface area contributed by atoms with Crippen LogP contribution in [0.1, 0.15) is 37.0 Å². The predicted octanol–water partition coefficient (Wildman–Crippen LogP) is 4.93. The van der Waals surface area contributed by atoms with E-state index in [1.165, 1.54) is 24.1 Å². The highest BCUT2D eigenvalue weighted by molar-refractivity contribution is 9.10. The first-order valence-electron chi connectivity index (χ1n) is 12.9. The van der Waals surface area contributed by atoms with E-state index in [9.17, 15) is 18.0 Å². The average molecular weight is 615 g/mol. The third kappa shape index (κ3) is 8.49.